The molecule has 1 unspecified atom stereocenters. The van der Waals surface area contributed by atoms with E-state index >= 15 is 0 Å². The van der Waals surface area contributed by atoms with Gasteiger partial charge in [-0.05, 0) is 36.9 Å². The molecule has 1 aromatic carbocycles. The van der Waals surface area contributed by atoms with E-state index in [0.29, 0.717) is 17.9 Å². The van der Waals surface area contributed by atoms with Gasteiger partial charge >= 0.3 is 0 Å². The van der Waals surface area contributed by atoms with Crippen molar-refractivity contribution in [1.82, 2.24) is 10.6 Å². The smallest absolute Gasteiger partial charge is 0.255 e. The van der Waals surface area contributed by atoms with E-state index in [1.165, 1.54) is 6.42 Å². The molecule has 0 aromatic heterocycles. The van der Waals surface area contributed by atoms with Crippen molar-refractivity contribution in [3.8, 4) is 5.75 Å². The molecule has 112 valence electrons. The summed E-state index contributed by atoms with van der Waals surface area (Å²) in [6.45, 7) is 4.94. The maximum Gasteiger partial charge on any atom is 0.255 e. The Labute approximate surface area is 126 Å². The average Bonchev–Trinajstić information content (AvgIpc) is 2.45. The number of ether oxygens (including phenoxy) is 1. The summed E-state index contributed by atoms with van der Waals surface area (Å²) in [5.41, 5.74) is 0.744. The molecule has 2 rings (SSSR count). The van der Waals surface area contributed by atoms with E-state index in [0.717, 1.165) is 19.5 Å². The summed E-state index contributed by atoms with van der Waals surface area (Å²) in [6, 6.07) is 7.30. The Kier molecular flexibility index (Phi) is 6.30. The molecule has 20 heavy (non-hydrogen) atoms. The van der Waals surface area contributed by atoms with Crippen LogP contribution in [0.25, 0.3) is 0 Å². The quantitative estimate of drug-likeness (QED) is 0.896. The van der Waals surface area contributed by atoms with Gasteiger partial charge in [0.15, 0.2) is 0 Å². The number of carbonyl (C=O) groups is 1. The second-order valence-electron chi connectivity index (χ2n) is 5.47. The Morgan fingerprint density at radius 1 is 1.45 bits per heavy atom. The minimum atomic E-state index is -0.0655. The lowest BCUT2D eigenvalue weighted by Gasteiger charge is -2.34. The molecular formula is C15H23ClN2O2. The first-order valence-corrected chi connectivity index (χ1v) is 6.77. The van der Waals surface area contributed by atoms with Gasteiger partial charge in [-0.3, -0.25) is 4.79 Å². The Morgan fingerprint density at radius 3 is 2.85 bits per heavy atom. The fourth-order valence-electron chi connectivity index (χ4n) is 2.49. The van der Waals surface area contributed by atoms with Crippen LogP contribution in [0.4, 0.5) is 0 Å². The normalized spacial score (nSPS) is 21.7. The summed E-state index contributed by atoms with van der Waals surface area (Å²) in [5, 5.41) is 6.41. The van der Waals surface area contributed by atoms with Crippen molar-refractivity contribution in [2.45, 2.75) is 19.8 Å². The molecule has 2 N–H and O–H groups in total. The Balaban J connectivity index is 0.00000200. The van der Waals surface area contributed by atoms with Crippen LogP contribution >= 0.6 is 12.4 Å². The molecule has 1 amide bonds. The van der Waals surface area contributed by atoms with Gasteiger partial charge in [-0.1, -0.05) is 19.1 Å². The largest absolute Gasteiger partial charge is 0.496 e. The lowest BCUT2D eigenvalue weighted by Crippen LogP contribution is -2.45. The fraction of sp³-hybridized carbons (Fsp3) is 0.533. The van der Waals surface area contributed by atoms with Crippen LogP contribution in [0, 0.1) is 5.41 Å². The Hall–Kier alpha value is -1.26. The first-order valence-electron chi connectivity index (χ1n) is 6.77. The molecule has 1 fully saturated rings. The first kappa shape index (κ1) is 16.8. The van der Waals surface area contributed by atoms with Gasteiger partial charge in [0.05, 0.1) is 12.7 Å². The molecule has 0 saturated carbocycles. The molecule has 4 nitrogen and oxygen atoms in total. The lowest BCUT2D eigenvalue weighted by atomic mass is 9.83. The molecule has 0 radical (unpaired) electrons. The van der Waals surface area contributed by atoms with Crippen LogP contribution in [0.2, 0.25) is 0 Å². The number of halogens is 1. The van der Waals surface area contributed by atoms with Crippen LogP contribution in [-0.2, 0) is 0 Å². The van der Waals surface area contributed by atoms with Crippen molar-refractivity contribution in [3.05, 3.63) is 29.8 Å². The zero-order valence-corrected chi connectivity index (χ0v) is 12.9. The van der Waals surface area contributed by atoms with Crippen LogP contribution < -0.4 is 15.4 Å². The molecule has 0 spiro atoms. The summed E-state index contributed by atoms with van der Waals surface area (Å²) in [6.07, 6.45) is 2.31. The topological polar surface area (TPSA) is 50.4 Å². The Morgan fingerprint density at radius 2 is 2.20 bits per heavy atom. The third-order valence-corrected chi connectivity index (χ3v) is 3.71. The molecule has 1 aromatic rings. The van der Waals surface area contributed by atoms with E-state index in [9.17, 15) is 4.79 Å². The summed E-state index contributed by atoms with van der Waals surface area (Å²) < 4.78 is 5.21. The number of carbonyl (C=O) groups excluding carboxylic acids is 1. The Bertz CT molecular complexity index is 445. The fourth-order valence-corrected chi connectivity index (χ4v) is 2.49. The van der Waals surface area contributed by atoms with E-state index in [4.69, 9.17) is 4.74 Å². The number of benzene rings is 1. The maximum atomic E-state index is 12.2. The molecule has 1 aliphatic heterocycles. The van der Waals surface area contributed by atoms with Crippen molar-refractivity contribution in [3.63, 3.8) is 0 Å². The molecule has 1 heterocycles. The number of rotatable bonds is 4. The van der Waals surface area contributed by atoms with Gasteiger partial charge in [0.25, 0.3) is 5.91 Å². The molecule has 0 bridgehead atoms. The minimum absolute atomic E-state index is 0. The number of hydrogen-bond donors (Lipinski definition) is 2. The van der Waals surface area contributed by atoms with Gasteiger partial charge in [0.1, 0.15) is 5.75 Å². The van der Waals surface area contributed by atoms with Crippen LogP contribution in [0.15, 0.2) is 24.3 Å². The average molecular weight is 299 g/mol. The van der Waals surface area contributed by atoms with Crippen LogP contribution in [0.5, 0.6) is 5.75 Å². The number of piperidine rings is 1. The molecule has 5 heteroatoms. The van der Waals surface area contributed by atoms with E-state index in [2.05, 4.69) is 17.6 Å². The van der Waals surface area contributed by atoms with E-state index < -0.39 is 0 Å². The number of hydrogen-bond acceptors (Lipinski definition) is 3. The highest BCUT2D eigenvalue weighted by atomic mass is 35.5. The SMILES string of the molecule is COc1ccccc1C(=O)NCC1(C)CCCNC1.Cl. The van der Waals surface area contributed by atoms with E-state index in [1.807, 2.05) is 12.1 Å². The van der Waals surface area contributed by atoms with Gasteiger partial charge in [-0.2, -0.15) is 0 Å². The standard InChI is InChI=1S/C15H22N2O2.ClH/c1-15(8-5-9-16-10-15)11-17-14(18)12-6-3-4-7-13(12)19-2;/h3-4,6-7,16H,5,8-11H2,1-2H3,(H,17,18);1H. The zero-order valence-electron chi connectivity index (χ0n) is 12.1. The molecule has 1 atom stereocenters. The van der Waals surface area contributed by atoms with Gasteiger partial charge < -0.3 is 15.4 Å². The number of nitrogens with one attached hydrogen (secondary N) is 2. The maximum absolute atomic E-state index is 12.2. The van der Waals surface area contributed by atoms with Gasteiger partial charge in [0.2, 0.25) is 0 Å². The van der Waals surface area contributed by atoms with Gasteiger partial charge in [0, 0.05) is 13.1 Å². The third-order valence-electron chi connectivity index (χ3n) is 3.71. The van der Waals surface area contributed by atoms with Crippen molar-refractivity contribution in [2.75, 3.05) is 26.7 Å². The minimum Gasteiger partial charge on any atom is -0.496 e. The van der Waals surface area contributed by atoms with Crippen molar-refractivity contribution < 1.29 is 9.53 Å². The van der Waals surface area contributed by atoms with Crippen molar-refractivity contribution >= 4 is 18.3 Å². The van der Waals surface area contributed by atoms with E-state index in [-0.39, 0.29) is 23.7 Å². The zero-order chi connectivity index (χ0) is 13.7. The highest BCUT2D eigenvalue weighted by Crippen LogP contribution is 2.24. The van der Waals surface area contributed by atoms with Gasteiger partial charge in [-0.25, -0.2) is 0 Å². The van der Waals surface area contributed by atoms with Crippen molar-refractivity contribution in [2.24, 2.45) is 5.41 Å². The van der Waals surface area contributed by atoms with Gasteiger partial charge in [-0.15, -0.1) is 12.4 Å². The second kappa shape index (κ2) is 7.50. The highest BCUT2D eigenvalue weighted by molar-refractivity contribution is 5.96. The molecule has 1 aliphatic rings. The predicted molar refractivity (Wildman–Crippen MR) is 82.8 cm³/mol. The first-order chi connectivity index (χ1) is 9.14. The lowest BCUT2D eigenvalue weighted by molar-refractivity contribution is 0.0921. The second-order valence-corrected chi connectivity index (χ2v) is 5.47. The number of para-hydroxylation sites is 1. The van der Waals surface area contributed by atoms with Crippen LogP contribution in [0.3, 0.4) is 0 Å². The molecule has 0 aliphatic carbocycles. The summed E-state index contributed by atoms with van der Waals surface area (Å²) in [7, 11) is 1.58. The number of methoxy groups -OCH3 is 1. The van der Waals surface area contributed by atoms with Crippen LogP contribution in [-0.4, -0.2) is 32.7 Å². The summed E-state index contributed by atoms with van der Waals surface area (Å²) >= 11 is 0. The van der Waals surface area contributed by atoms with E-state index in [1.54, 1.807) is 19.2 Å². The van der Waals surface area contributed by atoms with Crippen molar-refractivity contribution in [1.29, 1.82) is 0 Å². The highest BCUT2D eigenvalue weighted by Gasteiger charge is 2.27. The predicted octanol–water partition coefficient (Wildman–Crippen LogP) is 2.24. The summed E-state index contributed by atoms with van der Waals surface area (Å²) in [5.74, 6) is 0.552. The number of amides is 1. The monoisotopic (exact) mass is 298 g/mol. The molecular weight excluding hydrogens is 276 g/mol. The van der Waals surface area contributed by atoms with Crippen LogP contribution in [0.1, 0.15) is 30.1 Å². The third kappa shape index (κ3) is 4.12. The molecule has 1 saturated heterocycles. The summed E-state index contributed by atoms with van der Waals surface area (Å²) in [4.78, 5) is 12.2.